The number of ether oxygens (including phenoxy) is 1. The summed E-state index contributed by atoms with van der Waals surface area (Å²) in [6.07, 6.45) is 1.69. The van der Waals surface area contributed by atoms with Gasteiger partial charge in [0, 0.05) is 15.1 Å². The smallest absolute Gasteiger partial charge is 0.363 e. The zero-order valence-corrected chi connectivity index (χ0v) is 14.0. The van der Waals surface area contributed by atoms with E-state index in [1.807, 2.05) is 43.3 Å². The Bertz CT molecular complexity index is 810. The molecule has 0 saturated heterocycles. The highest BCUT2D eigenvalue weighted by Gasteiger charge is 2.24. The van der Waals surface area contributed by atoms with Crippen LogP contribution in [0.2, 0.25) is 5.02 Å². The number of cyclic esters (lactones) is 1. The van der Waals surface area contributed by atoms with Crippen LogP contribution in [0.1, 0.15) is 16.7 Å². The van der Waals surface area contributed by atoms with Gasteiger partial charge in [0.1, 0.15) is 0 Å². The van der Waals surface area contributed by atoms with Crippen molar-refractivity contribution in [3.05, 3.63) is 74.3 Å². The standard InChI is InChI=1S/C17H11BrClNO2/c1-10-2-5-12(9-14(10)19)16-20-15(17(21)22-16)8-11-3-6-13(18)7-4-11/h2-9H,1H3/b15-8-. The lowest BCUT2D eigenvalue weighted by atomic mass is 10.1. The van der Waals surface area contributed by atoms with Gasteiger partial charge in [-0.15, -0.1) is 0 Å². The molecule has 0 amide bonds. The average Bonchev–Trinajstić information content (AvgIpc) is 2.85. The van der Waals surface area contributed by atoms with Crippen LogP contribution in [0, 0.1) is 6.92 Å². The van der Waals surface area contributed by atoms with Gasteiger partial charge in [-0.1, -0.05) is 45.7 Å². The maximum Gasteiger partial charge on any atom is 0.363 e. The molecule has 0 fully saturated rings. The van der Waals surface area contributed by atoms with Crippen LogP contribution in [-0.2, 0) is 9.53 Å². The van der Waals surface area contributed by atoms with Gasteiger partial charge in [0.15, 0.2) is 5.70 Å². The van der Waals surface area contributed by atoms with E-state index in [9.17, 15) is 4.79 Å². The summed E-state index contributed by atoms with van der Waals surface area (Å²) >= 11 is 9.47. The van der Waals surface area contributed by atoms with Gasteiger partial charge in [-0.2, -0.15) is 0 Å². The Morgan fingerprint density at radius 1 is 1.18 bits per heavy atom. The minimum Gasteiger partial charge on any atom is -0.402 e. The van der Waals surface area contributed by atoms with Gasteiger partial charge in [-0.3, -0.25) is 0 Å². The maximum absolute atomic E-state index is 11.9. The quantitative estimate of drug-likeness (QED) is 0.560. The Kier molecular flexibility index (Phi) is 4.14. The second kappa shape index (κ2) is 6.07. The van der Waals surface area contributed by atoms with Crippen LogP contribution in [0.15, 0.2) is 57.6 Å². The summed E-state index contributed by atoms with van der Waals surface area (Å²) in [7, 11) is 0. The summed E-state index contributed by atoms with van der Waals surface area (Å²) < 4.78 is 6.20. The largest absolute Gasteiger partial charge is 0.402 e. The molecule has 0 radical (unpaired) electrons. The van der Waals surface area contributed by atoms with E-state index in [4.69, 9.17) is 16.3 Å². The Hall–Kier alpha value is -1.91. The molecule has 110 valence electrons. The Balaban J connectivity index is 1.94. The minimum atomic E-state index is -0.463. The molecule has 0 aromatic heterocycles. The topological polar surface area (TPSA) is 38.7 Å². The van der Waals surface area contributed by atoms with Crippen molar-refractivity contribution in [3.8, 4) is 0 Å². The van der Waals surface area contributed by atoms with Gasteiger partial charge in [0.2, 0.25) is 5.90 Å². The number of nitrogens with zero attached hydrogens (tertiary/aromatic N) is 1. The van der Waals surface area contributed by atoms with Crippen molar-refractivity contribution in [1.82, 2.24) is 0 Å². The fraction of sp³-hybridized carbons (Fsp3) is 0.0588. The molecular weight excluding hydrogens is 366 g/mol. The van der Waals surface area contributed by atoms with Crippen molar-refractivity contribution in [3.63, 3.8) is 0 Å². The third kappa shape index (κ3) is 3.13. The Labute approximate surface area is 141 Å². The van der Waals surface area contributed by atoms with Gasteiger partial charge in [0.25, 0.3) is 0 Å². The van der Waals surface area contributed by atoms with Crippen molar-refractivity contribution < 1.29 is 9.53 Å². The van der Waals surface area contributed by atoms with Crippen molar-refractivity contribution in [2.75, 3.05) is 0 Å². The lowest BCUT2D eigenvalue weighted by molar-refractivity contribution is -0.129. The van der Waals surface area contributed by atoms with Crippen LogP contribution in [0.25, 0.3) is 6.08 Å². The number of benzene rings is 2. The molecule has 0 unspecified atom stereocenters. The molecular formula is C17H11BrClNO2. The van der Waals surface area contributed by atoms with E-state index in [-0.39, 0.29) is 11.6 Å². The summed E-state index contributed by atoms with van der Waals surface area (Å²) in [4.78, 5) is 16.2. The van der Waals surface area contributed by atoms with Crippen LogP contribution in [-0.4, -0.2) is 11.9 Å². The van der Waals surface area contributed by atoms with Crippen LogP contribution < -0.4 is 0 Å². The molecule has 0 aliphatic carbocycles. The van der Waals surface area contributed by atoms with Crippen molar-refractivity contribution in [2.45, 2.75) is 6.92 Å². The third-order valence-corrected chi connectivity index (χ3v) is 4.15. The number of esters is 1. The van der Waals surface area contributed by atoms with Crippen molar-refractivity contribution >= 4 is 45.5 Å². The van der Waals surface area contributed by atoms with Crippen molar-refractivity contribution in [2.24, 2.45) is 4.99 Å². The summed E-state index contributed by atoms with van der Waals surface area (Å²) in [6, 6.07) is 13.0. The van der Waals surface area contributed by atoms with E-state index < -0.39 is 5.97 Å². The molecule has 0 bridgehead atoms. The first-order valence-electron chi connectivity index (χ1n) is 6.57. The zero-order valence-electron chi connectivity index (χ0n) is 11.6. The Morgan fingerprint density at radius 2 is 1.91 bits per heavy atom. The van der Waals surface area contributed by atoms with Crippen LogP contribution >= 0.6 is 27.5 Å². The number of halogens is 2. The molecule has 3 nitrogen and oxygen atoms in total. The Morgan fingerprint density at radius 3 is 2.59 bits per heavy atom. The highest BCUT2D eigenvalue weighted by atomic mass is 79.9. The summed E-state index contributed by atoms with van der Waals surface area (Å²) in [6.45, 7) is 1.91. The van der Waals surface area contributed by atoms with Gasteiger partial charge in [0.05, 0.1) is 0 Å². The summed E-state index contributed by atoms with van der Waals surface area (Å²) in [5, 5.41) is 0.613. The predicted molar refractivity (Wildman–Crippen MR) is 90.9 cm³/mol. The van der Waals surface area contributed by atoms with E-state index >= 15 is 0 Å². The molecule has 0 spiro atoms. The molecule has 2 aromatic carbocycles. The highest BCUT2D eigenvalue weighted by Crippen LogP contribution is 2.23. The number of hydrogen-bond acceptors (Lipinski definition) is 3. The van der Waals surface area contributed by atoms with E-state index in [0.29, 0.717) is 10.6 Å². The van der Waals surface area contributed by atoms with E-state index in [2.05, 4.69) is 20.9 Å². The fourth-order valence-corrected chi connectivity index (χ4v) is 2.42. The number of carbonyl (C=O) groups excluding carboxylic acids is 1. The van der Waals surface area contributed by atoms with Crippen LogP contribution in [0.3, 0.4) is 0 Å². The monoisotopic (exact) mass is 375 g/mol. The maximum atomic E-state index is 11.9. The number of aliphatic imine (C=N–C) groups is 1. The molecule has 1 aliphatic heterocycles. The zero-order chi connectivity index (χ0) is 15.7. The predicted octanol–water partition coefficient (Wildman–Crippen LogP) is 4.76. The van der Waals surface area contributed by atoms with Crippen LogP contribution in [0.4, 0.5) is 0 Å². The third-order valence-electron chi connectivity index (χ3n) is 3.21. The van der Waals surface area contributed by atoms with Gasteiger partial charge < -0.3 is 4.74 Å². The van der Waals surface area contributed by atoms with Gasteiger partial charge in [-0.05, 0) is 48.4 Å². The molecule has 1 aliphatic rings. The SMILES string of the molecule is Cc1ccc(C2=N/C(=C\c3ccc(Br)cc3)C(=O)O2)cc1Cl. The average molecular weight is 377 g/mol. The second-order valence-corrected chi connectivity index (χ2v) is 6.17. The molecule has 0 saturated carbocycles. The number of aryl methyl sites for hydroxylation is 1. The second-order valence-electron chi connectivity index (χ2n) is 4.85. The molecule has 5 heteroatoms. The van der Waals surface area contributed by atoms with Gasteiger partial charge >= 0.3 is 5.97 Å². The van der Waals surface area contributed by atoms with Crippen molar-refractivity contribution in [1.29, 1.82) is 0 Å². The lowest BCUT2D eigenvalue weighted by Crippen LogP contribution is -2.05. The molecule has 0 atom stereocenters. The fourth-order valence-electron chi connectivity index (χ4n) is 1.98. The first-order chi connectivity index (χ1) is 10.5. The molecule has 2 aromatic rings. The minimum absolute atomic E-state index is 0.272. The number of hydrogen-bond donors (Lipinski definition) is 0. The summed E-state index contributed by atoms with van der Waals surface area (Å²) in [5.41, 5.74) is 2.79. The number of carbonyl (C=O) groups is 1. The van der Waals surface area contributed by atoms with Gasteiger partial charge in [-0.25, -0.2) is 9.79 Å². The normalized spacial score (nSPS) is 15.9. The molecule has 22 heavy (non-hydrogen) atoms. The number of rotatable bonds is 2. The van der Waals surface area contributed by atoms with Crippen LogP contribution in [0.5, 0.6) is 0 Å². The van der Waals surface area contributed by atoms with E-state index in [0.717, 1.165) is 15.6 Å². The summed E-state index contributed by atoms with van der Waals surface area (Å²) in [5.74, 6) is -0.190. The molecule has 3 rings (SSSR count). The molecule has 0 N–H and O–H groups in total. The molecule has 1 heterocycles. The first kappa shape index (κ1) is 15.0. The van der Waals surface area contributed by atoms with E-state index in [1.165, 1.54) is 0 Å². The highest BCUT2D eigenvalue weighted by molar-refractivity contribution is 9.10. The first-order valence-corrected chi connectivity index (χ1v) is 7.75. The van der Waals surface area contributed by atoms with E-state index in [1.54, 1.807) is 12.1 Å². The lowest BCUT2D eigenvalue weighted by Gasteiger charge is -2.02.